The Kier molecular flexibility index (Phi) is 2.09. The van der Waals surface area contributed by atoms with Crippen LogP contribution in [0.3, 0.4) is 0 Å². The fourth-order valence-electron chi connectivity index (χ4n) is 1.70. The summed E-state index contributed by atoms with van der Waals surface area (Å²) in [6.45, 7) is 0. The number of fused-ring (bicyclic) bond motifs is 1. The molecule has 3 aromatic rings. The molecule has 3 heterocycles. The van der Waals surface area contributed by atoms with Gasteiger partial charge in [-0.05, 0) is 12.1 Å². The average molecular weight is 221 g/mol. The molecule has 0 radical (unpaired) electrons. The van der Waals surface area contributed by atoms with Gasteiger partial charge in [0.1, 0.15) is 12.0 Å². The van der Waals surface area contributed by atoms with Crippen LogP contribution < -0.4 is 0 Å². The Hall–Kier alpha value is -2.67. The quantitative estimate of drug-likeness (QED) is 0.591. The molecular weight excluding hydrogens is 214 g/mol. The number of aromatic nitrogens is 3. The fraction of sp³-hybridized carbons (Fsp3) is 0. The lowest BCUT2D eigenvalue weighted by molar-refractivity contribution is 0.626. The Bertz CT molecular complexity index is 710. The van der Waals surface area contributed by atoms with E-state index in [4.69, 9.17) is 10.8 Å². The summed E-state index contributed by atoms with van der Waals surface area (Å²) in [5.41, 5.74) is 2.03. The SMILES string of the molecule is C#Cc1c(-c2ccncn2)oc2cnccc12. The molecule has 0 aliphatic heterocycles. The van der Waals surface area contributed by atoms with E-state index >= 15 is 0 Å². The molecule has 0 amide bonds. The van der Waals surface area contributed by atoms with Gasteiger partial charge in [0, 0.05) is 17.8 Å². The molecule has 0 unspecified atom stereocenters. The topological polar surface area (TPSA) is 51.8 Å². The number of hydrogen-bond acceptors (Lipinski definition) is 4. The van der Waals surface area contributed by atoms with E-state index < -0.39 is 0 Å². The highest BCUT2D eigenvalue weighted by Crippen LogP contribution is 2.30. The third kappa shape index (κ3) is 1.45. The summed E-state index contributed by atoms with van der Waals surface area (Å²) in [5, 5.41) is 0.871. The van der Waals surface area contributed by atoms with Crippen molar-refractivity contribution in [2.24, 2.45) is 0 Å². The highest BCUT2D eigenvalue weighted by molar-refractivity contribution is 5.89. The number of pyridine rings is 1. The van der Waals surface area contributed by atoms with Gasteiger partial charge in [0.05, 0.1) is 11.8 Å². The third-order valence-corrected chi connectivity index (χ3v) is 2.45. The lowest BCUT2D eigenvalue weighted by Crippen LogP contribution is -1.84. The van der Waals surface area contributed by atoms with Crippen molar-refractivity contribution in [3.63, 3.8) is 0 Å². The molecule has 17 heavy (non-hydrogen) atoms. The Labute approximate surface area is 97.4 Å². The van der Waals surface area contributed by atoms with Crippen LogP contribution >= 0.6 is 0 Å². The van der Waals surface area contributed by atoms with E-state index in [1.54, 1.807) is 24.7 Å². The van der Waals surface area contributed by atoms with Gasteiger partial charge in [0.2, 0.25) is 0 Å². The van der Waals surface area contributed by atoms with Crippen LogP contribution in [0.5, 0.6) is 0 Å². The lowest BCUT2D eigenvalue weighted by Gasteiger charge is -1.94. The smallest absolute Gasteiger partial charge is 0.169 e. The van der Waals surface area contributed by atoms with E-state index in [-0.39, 0.29) is 0 Å². The molecule has 0 N–H and O–H groups in total. The van der Waals surface area contributed by atoms with Crippen molar-refractivity contribution in [1.82, 2.24) is 15.0 Å². The summed E-state index contributed by atoms with van der Waals surface area (Å²) in [4.78, 5) is 12.0. The first-order chi connectivity index (χ1) is 8.40. The van der Waals surface area contributed by atoms with Gasteiger partial charge in [-0.15, -0.1) is 6.42 Å². The second kappa shape index (κ2) is 3.72. The summed E-state index contributed by atoms with van der Waals surface area (Å²) in [5.74, 6) is 3.22. The third-order valence-electron chi connectivity index (χ3n) is 2.45. The molecule has 0 aliphatic rings. The van der Waals surface area contributed by atoms with Crippen LogP contribution in [0.4, 0.5) is 0 Å². The molecule has 0 saturated carbocycles. The zero-order valence-electron chi connectivity index (χ0n) is 8.79. The van der Waals surface area contributed by atoms with Gasteiger partial charge in [-0.1, -0.05) is 5.92 Å². The first kappa shape index (κ1) is 9.55. The van der Waals surface area contributed by atoms with Gasteiger partial charge in [-0.25, -0.2) is 9.97 Å². The van der Waals surface area contributed by atoms with Crippen molar-refractivity contribution < 1.29 is 4.42 Å². The number of furan rings is 1. The Morgan fingerprint density at radius 2 is 2.06 bits per heavy atom. The van der Waals surface area contributed by atoms with E-state index in [1.165, 1.54) is 6.33 Å². The zero-order chi connectivity index (χ0) is 11.7. The predicted molar refractivity (Wildman–Crippen MR) is 63.0 cm³/mol. The van der Waals surface area contributed by atoms with Crippen LogP contribution in [0.15, 0.2) is 41.5 Å². The summed E-state index contributed by atoms with van der Waals surface area (Å²) < 4.78 is 5.68. The summed E-state index contributed by atoms with van der Waals surface area (Å²) in [6, 6.07) is 3.59. The zero-order valence-corrected chi connectivity index (χ0v) is 8.79. The van der Waals surface area contributed by atoms with Gasteiger partial charge >= 0.3 is 0 Å². The molecule has 0 saturated heterocycles. The monoisotopic (exact) mass is 221 g/mol. The average Bonchev–Trinajstić information content (AvgIpc) is 2.78. The van der Waals surface area contributed by atoms with Gasteiger partial charge in [0.15, 0.2) is 11.3 Å². The summed E-state index contributed by atoms with van der Waals surface area (Å²) in [7, 11) is 0. The minimum absolute atomic E-state index is 0.581. The van der Waals surface area contributed by atoms with E-state index in [0.29, 0.717) is 22.6 Å². The number of terminal acetylenes is 1. The Morgan fingerprint density at radius 1 is 1.18 bits per heavy atom. The van der Waals surface area contributed by atoms with Crippen LogP contribution in [0.2, 0.25) is 0 Å². The van der Waals surface area contributed by atoms with E-state index in [9.17, 15) is 0 Å². The standard InChI is InChI=1S/C13H7N3O/c1-2-9-10-3-5-14-7-12(10)17-13(9)11-4-6-15-8-16-11/h1,3-8H. The van der Waals surface area contributed by atoms with Crippen molar-refractivity contribution in [1.29, 1.82) is 0 Å². The fourth-order valence-corrected chi connectivity index (χ4v) is 1.70. The van der Waals surface area contributed by atoms with E-state index in [2.05, 4.69) is 20.9 Å². The molecule has 0 aliphatic carbocycles. The lowest BCUT2D eigenvalue weighted by atomic mass is 10.1. The number of nitrogens with zero attached hydrogens (tertiary/aromatic N) is 3. The Morgan fingerprint density at radius 3 is 2.82 bits per heavy atom. The maximum Gasteiger partial charge on any atom is 0.169 e. The van der Waals surface area contributed by atoms with Crippen molar-refractivity contribution in [2.45, 2.75) is 0 Å². The van der Waals surface area contributed by atoms with Crippen molar-refractivity contribution >= 4 is 11.0 Å². The van der Waals surface area contributed by atoms with E-state index in [1.807, 2.05) is 6.07 Å². The molecule has 3 rings (SSSR count). The molecular formula is C13H7N3O. The van der Waals surface area contributed by atoms with Gasteiger partial charge in [-0.3, -0.25) is 4.98 Å². The van der Waals surface area contributed by atoms with Crippen LogP contribution in [0, 0.1) is 12.3 Å². The molecule has 80 valence electrons. The minimum Gasteiger partial charge on any atom is -0.451 e. The number of hydrogen-bond donors (Lipinski definition) is 0. The second-order valence-electron chi connectivity index (χ2n) is 3.42. The summed E-state index contributed by atoms with van der Waals surface area (Å²) in [6.07, 6.45) is 12.0. The van der Waals surface area contributed by atoms with Crippen LogP contribution in [0.1, 0.15) is 5.56 Å². The first-order valence-corrected chi connectivity index (χ1v) is 4.99. The maximum absolute atomic E-state index is 5.68. The molecule has 0 atom stereocenters. The van der Waals surface area contributed by atoms with Crippen LogP contribution in [-0.4, -0.2) is 15.0 Å². The Balaban J connectivity index is 2.35. The van der Waals surface area contributed by atoms with Crippen LogP contribution in [0.25, 0.3) is 22.4 Å². The second-order valence-corrected chi connectivity index (χ2v) is 3.42. The van der Waals surface area contributed by atoms with Crippen molar-refractivity contribution in [2.75, 3.05) is 0 Å². The highest BCUT2D eigenvalue weighted by atomic mass is 16.3. The predicted octanol–water partition coefficient (Wildman–Crippen LogP) is 2.27. The summed E-state index contributed by atoms with van der Waals surface area (Å²) >= 11 is 0. The van der Waals surface area contributed by atoms with Gasteiger partial charge in [-0.2, -0.15) is 0 Å². The molecule has 0 spiro atoms. The van der Waals surface area contributed by atoms with Crippen molar-refractivity contribution in [3.8, 4) is 23.8 Å². The molecule has 0 fully saturated rings. The molecule has 4 nitrogen and oxygen atoms in total. The molecule has 4 heteroatoms. The van der Waals surface area contributed by atoms with Gasteiger partial charge < -0.3 is 4.42 Å². The van der Waals surface area contributed by atoms with Crippen LogP contribution in [-0.2, 0) is 0 Å². The molecule has 3 aromatic heterocycles. The first-order valence-electron chi connectivity index (χ1n) is 4.99. The number of rotatable bonds is 1. The largest absolute Gasteiger partial charge is 0.451 e. The van der Waals surface area contributed by atoms with E-state index in [0.717, 1.165) is 5.39 Å². The highest BCUT2D eigenvalue weighted by Gasteiger charge is 2.14. The van der Waals surface area contributed by atoms with Gasteiger partial charge in [0.25, 0.3) is 0 Å². The normalized spacial score (nSPS) is 10.3. The minimum atomic E-state index is 0.581. The maximum atomic E-state index is 5.68. The van der Waals surface area contributed by atoms with Crippen molar-refractivity contribution in [3.05, 3.63) is 42.6 Å². The molecule has 0 bridgehead atoms. The molecule has 0 aromatic carbocycles.